The van der Waals surface area contributed by atoms with Crippen molar-refractivity contribution in [3.8, 4) is 0 Å². The lowest BCUT2D eigenvalue weighted by atomic mass is 9.93. The predicted molar refractivity (Wildman–Crippen MR) is 88.6 cm³/mol. The Bertz CT molecular complexity index is 611. The van der Waals surface area contributed by atoms with E-state index in [0.717, 1.165) is 16.9 Å². The lowest BCUT2D eigenvalue weighted by Crippen LogP contribution is -2.14. The van der Waals surface area contributed by atoms with Crippen LogP contribution in [0.5, 0.6) is 0 Å². The minimum Gasteiger partial charge on any atom is -0.399 e. The minimum atomic E-state index is -0.0124. The first-order chi connectivity index (χ1) is 9.84. The summed E-state index contributed by atoms with van der Waals surface area (Å²) in [5, 5.41) is 5.52. The normalized spacial score (nSPS) is 11.4. The van der Waals surface area contributed by atoms with Gasteiger partial charge in [0.25, 0.3) is 0 Å². The van der Waals surface area contributed by atoms with Crippen LogP contribution in [0.4, 0.5) is 10.8 Å². The standard InChI is InChI=1S/C16H21N3OS/c1-16(2,3)13-10-21-15(18-13)19-14(20)9-6-11-4-7-12(17)8-5-11/h4-5,7-8,10H,6,9,17H2,1-3H3,(H,18,19,20). The highest BCUT2D eigenvalue weighted by atomic mass is 32.1. The number of benzene rings is 1. The summed E-state index contributed by atoms with van der Waals surface area (Å²) < 4.78 is 0. The third-order valence-electron chi connectivity index (χ3n) is 3.14. The number of aryl methyl sites for hydroxylation is 1. The lowest BCUT2D eigenvalue weighted by molar-refractivity contribution is -0.116. The van der Waals surface area contributed by atoms with Gasteiger partial charge in [0.1, 0.15) is 0 Å². The molecule has 3 N–H and O–H groups in total. The van der Waals surface area contributed by atoms with Gasteiger partial charge in [-0.25, -0.2) is 4.98 Å². The van der Waals surface area contributed by atoms with E-state index in [2.05, 4.69) is 31.1 Å². The summed E-state index contributed by atoms with van der Waals surface area (Å²) in [4.78, 5) is 16.4. The number of nitrogens with one attached hydrogen (secondary N) is 1. The Balaban J connectivity index is 1.87. The number of hydrogen-bond donors (Lipinski definition) is 2. The van der Waals surface area contributed by atoms with Crippen LogP contribution >= 0.6 is 11.3 Å². The number of carbonyl (C=O) groups is 1. The number of amides is 1. The van der Waals surface area contributed by atoms with E-state index >= 15 is 0 Å². The quantitative estimate of drug-likeness (QED) is 0.848. The Labute approximate surface area is 129 Å². The van der Waals surface area contributed by atoms with Crippen molar-refractivity contribution in [1.29, 1.82) is 0 Å². The highest BCUT2D eigenvalue weighted by molar-refractivity contribution is 7.13. The Morgan fingerprint density at radius 3 is 2.52 bits per heavy atom. The van der Waals surface area contributed by atoms with Gasteiger partial charge in [0, 0.05) is 22.9 Å². The van der Waals surface area contributed by atoms with Crippen LogP contribution in [-0.4, -0.2) is 10.9 Å². The van der Waals surface area contributed by atoms with Crippen LogP contribution in [0.2, 0.25) is 0 Å². The van der Waals surface area contributed by atoms with Gasteiger partial charge in [0.15, 0.2) is 5.13 Å². The van der Waals surface area contributed by atoms with E-state index < -0.39 is 0 Å². The van der Waals surface area contributed by atoms with Crippen molar-refractivity contribution in [1.82, 2.24) is 4.98 Å². The first-order valence-electron chi connectivity index (χ1n) is 6.95. The van der Waals surface area contributed by atoms with Crippen LogP contribution in [0.25, 0.3) is 0 Å². The maximum Gasteiger partial charge on any atom is 0.226 e. The van der Waals surface area contributed by atoms with Gasteiger partial charge in [-0.3, -0.25) is 4.79 Å². The van der Waals surface area contributed by atoms with E-state index in [4.69, 9.17) is 5.73 Å². The summed E-state index contributed by atoms with van der Waals surface area (Å²) >= 11 is 1.47. The number of thiazole rings is 1. The third-order valence-corrected chi connectivity index (χ3v) is 3.90. The van der Waals surface area contributed by atoms with Gasteiger partial charge in [-0.2, -0.15) is 0 Å². The van der Waals surface area contributed by atoms with Crippen molar-refractivity contribution >= 4 is 28.1 Å². The van der Waals surface area contributed by atoms with Crippen LogP contribution < -0.4 is 11.1 Å². The number of nitrogens with two attached hydrogens (primary N) is 1. The summed E-state index contributed by atoms with van der Waals surface area (Å²) in [6, 6.07) is 7.60. The molecule has 5 heteroatoms. The third kappa shape index (κ3) is 4.56. The first kappa shape index (κ1) is 15.5. The molecule has 2 aromatic rings. The van der Waals surface area contributed by atoms with Gasteiger partial charge in [0.2, 0.25) is 5.91 Å². The summed E-state index contributed by atoms with van der Waals surface area (Å²) in [6.45, 7) is 6.32. The Hall–Kier alpha value is -1.88. The van der Waals surface area contributed by atoms with Gasteiger partial charge >= 0.3 is 0 Å². The predicted octanol–water partition coefficient (Wildman–Crippen LogP) is 3.59. The van der Waals surface area contributed by atoms with Crippen molar-refractivity contribution in [2.45, 2.75) is 39.0 Å². The number of anilines is 2. The molecule has 0 radical (unpaired) electrons. The van der Waals surface area contributed by atoms with E-state index in [9.17, 15) is 4.79 Å². The van der Waals surface area contributed by atoms with Gasteiger partial charge < -0.3 is 11.1 Å². The maximum atomic E-state index is 11.9. The van der Waals surface area contributed by atoms with Gasteiger partial charge in [-0.05, 0) is 24.1 Å². The molecule has 0 atom stereocenters. The number of hydrogen-bond acceptors (Lipinski definition) is 4. The molecule has 0 aliphatic rings. The topological polar surface area (TPSA) is 68.0 Å². The molecule has 1 aromatic heterocycles. The first-order valence-corrected chi connectivity index (χ1v) is 7.83. The summed E-state index contributed by atoms with van der Waals surface area (Å²) in [5.41, 5.74) is 8.48. The van der Waals surface area contributed by atoms with Crippen LogP contribution in [0.3, 0.4) is 0 Å². The van der Waals surface area contributed by atoms with Gasteiger partial charge in [0.05, 0.1) is 5.69 Å². The Morgan fingerprint density at radius 1 is 1.29 bits per heavy atom. The molecule has 21 heavy (non-hydrogen) atoms. The number of rotatable bonds is 4. The summed E-state index contributed by atoms with van der Waals surface area (Å²) in [6.07, 6.45) is 1.14. The SMILES string of the molecule is CC(C)(C)c1csc(NC(=O)CCc2ccc(N)cc2)n1. The molecule has 0 saturated carbocycles. The largest absolute Gasteiger partial charge is 0.399 e. The minimum absolute atomic E-state index is 0.00342. The number of nitrogens with zero attached hydrogens (tertiary/aromatic N) is 1. The molecule has 0 aliphatic carbocycles. The van der Waals surface area contributed by atoms with Crippen LogP contribution in [0.1, 0.15) is 38.4 Å². The second-order valence-electron chi connectivity index (χ2n) is 6.08. The van der Waals surface area contributed by atoms with E-state index in [1.54, 1.807) is 0 Å². The van der Waals surface area contributed by atoms with Crippen LogP contribution in [-0.2, 0) is 16.6 Å². The van der Waals surface area contributed by atoms with Crippen molar-refractivity contribution in [2.24, 2.45) is 0 Å². The molecule has 2 rings (SSSR count). The molecule has 1 heterocycles. The molecule has 0 fully saturated rings. The highest BCUT2D eigenvalue weighted by Crippen LogP contribution is 2.26. The smallest absolute Gasteiger partial charge is 0.226 e. The van der Waals surface area contributed by atoms with Crippen LogP contribution in [0, 0.1) is 0 Å². The second-order valence-corrected chi connectivity index (χ2v) is 6.94. The van der Waals surface area contributed by atoms with Crippen molar-refractivity contribution in [3.05, 3.63) is 40.9 Å². The zero-order valence-corrected chi connectivity index (χ0v) is 13.5. The van der Waals surface area contributed by atoms with Gasteiger partial charge in [-0.15, -0.1) is 11.3 Å². The van der Waals surface area contributed by atoms with E-state index in [1.165, 1.54) is 11.3 Å². The maximum absolute atomic E-state index is 11.9. The number of carbonyl (C=O) groups excluding carboxylic acids is 1. The van der Waals surface area contributed by atoms with E-state index in [-0.39, 0.29) is 11.3 Å². The van der Waals surface area contributed by atoms with Crippen LogP contribution in [0.15, 0.2) is 29.6 Å². The van der Waals surface area contributed by atoms with Crippen molar-refractivity contribution < 1.29 is 4.79 Å². The molecule has 0 bridgehead atoms. The Kier molecular flexibility index (Phi) is 4.63. The second kappa shape index (κ2) is 6.26. The lowest BCUT2D eigenvalue weighted by Gasteiger charge is -2.14. The molecular weight excluding hydrogens is 282 g/mol. The zero-order valence-electron chi connectivity index (χ0n) is 12.6. The fourth-order valence-electron chi connectivity index (χ4n) is 1.80. The van der Waals surface area contributed by atoms with Crippen molar-refractivity contribution in [3.63, 3.8) is 0 Å². The summed E-state index contributed by atoms with van der Waals surface area (Å²) in [5.74, 6) is -0.0124. The number of aromatic nitrogens is 1. The molecule has 0 aliphatic heterocycles. The fourth-order valence-corrected chi connectivity index (χ4v) is 2.75. The molecule has 1 aromatic carbocycles. The van der Waals surface area contributed by atoms with E-state index in [0.29, 0.717) is 18.0 Å². The molecule has 0 spiro atoms. The molecule has 0 unspecified atom stereocenters. The average molecular weight is 303 g/mol. The molecule has 4 nitrogen and oxygen atoms in total. The molecule has 112 valence electrons. The van der Waals surface area contributed by atoms with Gasteiger partial charge in [-0.1, -0.05) is 32.9 Å². The fraction of sp³-hybridized carbons (Fsp3) is 0.375. The highest BCUT2D eigenvalue weighted by Gasteiger charge is 2.18. The monoisotopic (exact) mass is 303 g/mol. The van der Waals surface area contributed by atoms with E-state index in [1.807, 2.05) is 29.6 Å². The molecule has 0 saturated heterocycles. The molecular formula is C16H21N3OS. The number of nitrogen functional groups attached to an aromatic ring is 1. The Morgan fingerprint density at radius 2 is 1.95 bits per heavy atom. The van der Waals surface area contributed by atoms with Crippen molar-refractivity contribution in [2.75, 3.05) is 11.1 Å². The molecule has 1 amide bonds. The average Bonchev–Trinajstić information content (AvgIpc) is 2.86. The summed E-state index contributed by atoms with van der Waals surface area (Å²) in [7, 11) is 0. The zero-order chi connectivity index (χ0) is 15.5.